The number of fused-ring (bicyclic) bond motifs is 1. The Hall–Kier alpha value is -1.35. The predicted molar refractivity (Wildman–Crippen MR) is 77.4 cm³/mol. The van der Waals surface area contributed by atoms with Gasteiger partial charge in [0.05, 0.1) is 5.52 Å². The highest BCUT2D eigenvalue weighted by Gasteiger charge is 2.15. The summed E-state index contributed by atoms with van der Waals surface area (Å²) >= 11 is 1.77. The fraction of sp³-hybridized carbons (Fsp3) is 0.333. The molecule has 0 saturated carbocycles. The Morgan fingerprint density at radius 2 is 2.00 bits per heavy atom. The van der Waals surface area contributed by atoms with Crippen molar-refractivity contribution >= 4 is 28.4 Å². The van der Waals surface area contributed by atoms with Gasteiger partial charge in [-0.05, 0) is 25.1 Å². The van der Waals surface area contributed by atoms with Gasteiger partial charge in [-0.15, -0.1) is 11.8 Å². The summed E-state index contributed by atoms with van der Waals surface area (Å²) in [6, 6.07) is 7.96. The number of hydrogen-bond donors (Lipinski definition) is 0. The van der Waals surface area contributed by atoms with Crippen molar-refractivity contribution in [2.45, 2.75) is 37.3 Å². The molecule has 0 atom stereocenters. The number of Topliss-reactive ketones (excluding diaryl/α,β-unsaturated/α-hetero) is 1. The zero-order valence-corrected chi connectivity index (χ0v) is 12.0. The highest BCUT2D eigenvalue weighted by Crippen LogP contribution is 2.34. The van der Waals surface area contributed by atoms with Crippen LogP contribution in [0.1, 0.15) is 38.1 Å². The van der Waals surface area contributed by atoms with Gasteiger partial charge in [0.2, 0.25) is 0 Å². The van der Waals surface area contributed by atoms with Crippen LogP contribution in [0.5, 0.6) is 0 Å². The lowest BCUT2D eigenvalue weighted by Crippen LogP contribution is -2.07. The van der Waals surface area contributed by atoms with Crippen molar-refractivity contribution in [1.82, 2.24) is 4.98 Å². The second-order valence-electron chi connectivity index (χ2n) is 5.32. The molecule has 2 nitrogen and oxygen atoms in total. The molecule has 1 aromatic heterocycles. The van der Waals surface area contributed by atoms with Crippen molar-refractivity contribution in [2.75, 3.05) is 0 Å². The van der Waals surface area contributed by atoms with Crippen LogP contribution in [-0.4, -0.2) is 15.5 Å². The fourth-order valence-electron chi connectivity index (χ4n) is 1.85. The van der Waals surface area contributed by atoms with Gasteiger partial charge in [-0.25, -0.2) is 0 Å². The van der Waals surface area contributed by atoms with Crippen molar-refractivity contribution < 1.29 is 4.79 Å². The van der Waals surface area contributed by atoms with Crippen LogP contribution in [0.25, 0.3) is 10.9 Å². The molecule has 0 N–H and O–H groups in total. The minimum atomic E-state index is 0.0649. The van der Waals surface area contributed by atoms with E-state index in [9.17, 15) is 4.79 Å². The van der Waals surface area contributed by atoms with Gasteiger partial charge in [0, 0.05) is 26.8 Å². The molecule has 0 radical (unpaired) electrons. The highest BCUT2D eigenvalue weighted by atomic mass is 32.2. The van der Waals surface area contributed by atoms with Crippen LogP contribution >= 0.6 is 11.8 Å². The molecule has 0 fully saturated rings. The normalized spacial score (nSPS) is 11.8. The minimum Gasteiger partial charge on any atom is -0.294 e. The van der Waals surface area contributed by atoms with E-state index >= 15 is 0 Å². The number of pyridine rings is 1. The molecule has 1 aromatic carbocycles. The van der Waals surface area contributed by atoms with Gasteiger partial charge >= 0.3 is 0 Å². The average molecular weight is 259 g/mol. The quantitative estimate of drug-likeness (QED) is 0.594. The van der Waals surface area contributed by atoms with Crippen molar-refractivity contribution in [1.29, 1.82) is 0 Å². The molecule has 2 rings (SSSR count). The van der Waals surface area contributed by atoms with Gasteiger partial charge in [0.25, 0.3) is 0 Å². The van der Waals surface area contributed by atoms with Gasteiger partial charge in [0.1, 0.15) is 0 Å². The van der Waals surface area contributed by atoms with Crippen molar-refractivity contribution in [3.63, 3.8) is 0 Å². The van der Waals surface area contributed by atoms with Crippen molar-refractivity contribution in [3.8, 4) is 0 Å². The SMILES string of the molecule is CC(=O)c1cc(SC(C)(C)C)cc2cccnc12. The first-order valence-electron chi connectivity index (χ1n) is 5.95. The van der Waals surface area contributed by atoms with Crippen LogP contribution in [0.3, 0.4) is 0 Å². The maximum absolute atomic E-state index is 11.7. The topological polar surface area (TPSA) is 30.0 Å². The zero-order valence-electron chi connectivity index (χ0n) is 11.2. The Morgan fingerprint density at radius 1 is 1.28 bits per heavy atom. The monoisotopic (exact) mass is 259 g/mol. The number of hydrogen-bond acceptors (Lipinski definition) is 3. The van der Waals surface area contributed by atoms with E-state index < -0.39 is 0 Å². The van der Waals surface area contributed by atoms with Crippen molar-refractivity contribution in [2.24, 2.45) is 0 Å². The number of nitrogens with zero attached hydrogens (tertiary/aromatic N) is 1. The summed E-state index contributed by atoms with van der Waals surface area (Å²) in [6.07, 6.45) is 1.73. The third-order valence-electron chi connectivity index (χ3n) is 2.48. The Morgan fingerprint density at radius 3 is 2.61 bits per heavy atom. The van der Waals surface area contributed by atoms with Crippen LogP contribution in [-0.2, 0) is 0 Å². The fourth-order valence-corrected chi connectivity index (χ4v) is 2.92. The van der Waals surface area contributed by atoms with E-state index in [-0.39, 0.29) is 10.5 Å². The van der Waals surface area contributed by atoms with E-state index in [1.807, 2.05) is 18.2 Å². The van der Waals surface area contributed by atoms with Crippen LogP contribution in [0.2, 0.25) is 0 Å². The summed E-state index contributed by atoms with van der Waals surface area (Å²) in [5.74, 6) is 0.0649. The lowest BCUT2D eigenvalue weighted by molar-refractivity contribution is 0.101. The molecule has 1 heterocycles. The standard InChI is InChI=1S/C15H17NOS/c1-10(17)13-9-12(18-15(2,3)4)8-11-6-5-7-16-14(11)13/h5-9H,1-4H3. The Labute approximate surface area is 112 Å². The van der Waals surface area contributed by atoms with Crippen LogP contribution < -0.4 is 0 Å². The van der Waals surface area contributed by atoms with Crippen LogP contribution in [0, 0.1) is 0 Å². The molecule has 0 unspecified atom stereocenters. The zero-order chi connectivity index (χ0) is 13.3. The van der Waals surface area contributed by atoms with Gasteiger partial charge in [-0.3, -0.25) is 9.78 Å². The van der Waals surface area contributed by atoms with E-state index in [0.717, 1.165) is 15.8 Å². The van der Waals surface area contributed by atoms with E-state index in [0.29, 0.717) is 5.56 Å². The third-order valence-corrected chi connectivity index (χ3v) is 3.57. The number of benzene rings is 1. The molecule has 18 heavy (non-hydrogen) atoms. The third kappa shape index (κ3) is 2.91. The Kier molecular flexibility index (Phi) is 3.44. The maximum atomic E-state index is 11.7. The largest absolute Gasteiger partial charge is 0.294 e. The molecule has 0 saturated heterocycles. The van der Waals surface area contributed by atoms with E-state index in [1.165, 1.54) is 0 Å². The smallest absolute Gasteiger partial charge is 0.162 e. The summed E-state index contributed by atoms with van der Waals surface area (Å²) < 4.78 is 0.129. The number of carbonyl (C=O) groups is 1. The Balaban J connectivity index is 2.61. The summed E-state index contributed by atoms with van der Waals surface area (Å²) in [5, 5.41) is 1.02. The molecule has 0 amide bonds. The molecule has 0 aliphatic rings. The van der Waals surface area contributed by atoms with Gasteiger partial charge in [-0.1, -0.05) is 26.8 Å². The van der Waals surface area contributed by atoms with Crippen LogP contribution in [0.15, 0.2) is 35.4 Å². The molecule has 0 aliphatic heterocycles. The Bertz CT molecular complexity index is 599. The molecular formula is C15H17NOS. The minimum absolute atomic E-state index is 0.0649. The van der Waals surface area contributed by atoms with Gasteiger partial charge in [0.15, 0.2) is 5.78 Å². The second-order valence-corrected chi connectivity index (χ2v) is 7.22. The first-order chi connectivity index (χ1) is 8.37. The first-order valence-corrected chi connectivity index (χ1v) is 6.77. The number of rotatable bonds is 2. The van der Waals surface area contributed by atoms with E-state index in [2.05, 4.69) is 31.8 Å². The lowest BCUT2D eigenvalue weighted by atomic mass is 10.1. The maximum Gasteiger partial charge on any atom is 0.162 e. The van der Waals surface area contributed by atoms with Crippen molar-refractivity contribution in [3.05, 3.63) is 36.0 Å². The van der Waals surface area contributed by atoms with Gasteiger partial charge < -0.3 is 0 Å². The van der Waals surface area contributed by atoms with E-state index in [1.54, 1.807) is 24.9 Å². The molecule has 0 bridgehead atoms. The summed E-state index contributed by atoms with van der Waals surface area (Å²) in [4.78, 5) is 17.2. The predicted octanol–water partition coefficient (Wildman–Crippen LogP) is 4.33. The molecule has 0 spiro atoms. The first kappa shape index (κ1) is 13.1. The van der Waals surface area contributed by atoms with E-state index in [4.69, 9.17) is 0 Å². The molecule has 94 valence electrons. The van der Waals surface area contributed by atoms with Crippen LogP contribution in [0.4, 0.5) is 0 Å². The molecular weight excluding hydrogens is 242 g/mol. The van der Waals surface area contributed by atoms with Gasteiger partial charge in [-0.2, -0.15) is 0 Å². The second kappa shape index (κ2) is 4.73. The lowest BCUT2D eigenvalue weighted by Gasteiger charge is -2.18. The highest BCUT2D eigenvalue weighted by molar-refractivity contribution is 8.00. The number of aromatic nitrogens is 1. The molecule has 0 aliphatic carbocycles. The number of thioether (sulfide) groups is 1. The molecule has 3 heteroatoms. The summed E-state index contributed by atoms with van der Waals surface area (Å²) in [5.41, 5.74) is 1.50. The summed E-state index contributed by atoms with van der Waals surface area (Å²) in [6.45, 7) is 8.09. The molecule has 2 aromatic rings. The number of ketones is 1. The number of carbonyl (C=O) groups excluding carboxylic acids is 1. The summed E-state index contributed by atoms with van der Waals surface area (Å²) in [7, 11) is 0. The average Bonchev–Trinajstić information content (AvgIpc) is 2.25.